The predicted molar refractivity (Wildman–Crippen MR) is 62.2 cm³/mol. The average molecular weight is 208 g/mol. The molecular formula is C12H16O3. The summed E-state index contributed by atoms with van der Waals surface area (Å²) in [6, 6.07) is 10.1. The van der Waals surface area contributed by atoms with Crippen molar-refractivity contribution in [3.05, 3.63) is 36.4 Å². The van der Waals surface area contributed by atoms with E-state index in [1.807, 2.05) is 13.8 Å². The van der Waals surface area contributed by atoms with E-state index in [4.69, 9.17) is 10.2 Å². The summed E-state index contributed by atoms with van der Waals surface area (Å²) in [5.41, 5.74) is 0. The summed E-state index contributed by atoms with van der Waals surface area (Å²) >= 11 is 0. The topological polar surface area (TPSA) is 72.0 Å². The minimum absolute atomic E-state index is 0. The number of rotatable bonds is 0. The molecule has 0 amide bonds. The minimum atomic E-state index is 0. The Balaban J connectivity index is 0.000000617. The molecule has 0 radical (unpaired) electrons. The van der Waals surface area contributed by atoms with Gasteiger partial charge < -0.3 is 15.7 Å². The zero-order valence-electron chi connectivity index (χ0n) is 8.86. The molecule has 0 aliphatic carbocycles. The molecule has 0 heterocycles. The lowest BCUT2D eigenvalue weighted by Gasteiger charge is -1.98. The quantitative estimate of drug-likeness (QED) is 0.698. The fourth-order valence-corrected chi connectivity index (χ4v) is 1.22. The maximum Gasteiger partial charge on any atom is 0.116 e. The molecule has 0 spiro atoms. The van der Waals surface area contributed by atoms with Gasteiger partial charge in [-0.15, -0.1) is 0 Å². The molecule has 0 unspecified atom stereocenters. The highest BCUT2D eigenvalue weighted by molar-refractivity contribution is 5.84. The molecule has 0 saturated heterocycles. The molecule has 82 valence electrons. The Labute approximate surface area is 88.9 Å². The number of phenolic OH excluding ortho intramolecular Hbond substituents is 2. The van der Waals surface area contributed by atoms with Gasteiger partial charge in [0, 0.05) is 0 Å². The van der Waals surface area contributed by atoms with Gasteiger partial charge in [-0.05, 0) is 35.0 Å². The van der Waals surface area contributed by atoms with E-state index in [0.717, 1.165) is 10.8 Å². The van der Waals surface area contributed by atoms with Crippen molar-refractivity contribution in [2.24, 2.45) is 0 Å². The summed E-state index contributed by atoms with van der Waals surface area (Å²) < 4.78 is 0. The van der Waals surface area contributed by atoms with Crippen molar-refractivity contribution in [1.29, 1.82) is 0 Å². The summed E-state index contributed by atoms with van der Waals surface area (Å²) in [7, 11) is 0. The molecule has 3 heteroatoms. The van der Waals surface area contributed by atoms with Crippen molar-refractivity contribution in [2.45, 2.75) is 13.8 Å². The van der Waals surface area contributed by atoms with E-state index in [0.29, 0.717) is 0 Å². The Morgan fingerprint density at radius 1 is 0.733 bits per heavy atom. The van der Waals surface area contributed by atoms with Crippen molar-refractivity contribution in [3.63, 3.8) is 0 Å². The van der Waals surface area contributed by atoms with Crippen LogP contribution in [-0.2, 0) is 0 Å². The highest BCUT2D eigenvalue weighted by Crippen LogP contribution is 2.23. The van der Waals surface area contributed by atoms with Crippen LogP contribution >= 0.6 is 0 Å². The van der Waals surface area contributed by atoms with E-state index < -0.39 is 0 Å². The molecule has 2 aromatic rings. The van der Waals surface area contributed by atoms with Gasteiger partial charge in [0.05, 0.1) is 0 Å². The van der Waals surface area contributed by atoms with Gasteiger partial charge >= 0.3 is 0 Å². The molecular weight excluding hydrogens is 192 g/mol. The summed E-state index contributed by atoms with van der Waals surface area (Å²) in [4.78, 5) is 0. The molecule has 0 bridgehead atoms. The molecule has 0 aromatic heterocycles. The molecule has 15 heavy (non-hydrogen) atoms. The SMILES string of the molecule is CC.O.Oc1ccc2cc(O)ccc2c1. The maximum atomic E-state index is 9.14. The molecule has 0 fully saturated rings. The summed E-state index contributed by atoms with van der Waals surface area (Å²) in [5, 5.41) is 20.1. The zero-order valence-corrected chi connectivity index (χ0v) is 8.86. The van der Waals surface area contributed by atoms with Crippen LogP contribution in [0.3, 0.4) is 0 Å². The first-order valence-electron chi connectivity index (χ1n) is 4.67. The lowest BCUT2D eigenvalue weighted by atomic mass is 10.1. The highest BCUT2D eigenvalue weighted by Gasteiger charge is 1.95. The monoisotopic (exact) mass is 208 g/mol. The van der Waals surface area contributed by atoms with E-state index in [1.165, 1.54) is 0 Å². The summed E-state index contributed by atoms with van der Waals surface area (Å²) in [6.07, 6.45) is 0. The fourth-order valence-electron chi connectivity index (χ4n) is 1.22. The first-order chi connectivity index (χ1) is 6.75. The third-order valence-electron chi connectivity index (χ3n) is 1.81. The van der Waals surface area contributed by atoms with Gasteiger partial charge in [0.15, 0.2) is 0 Å². The lowest BCUT2D eigenvalue weighted by Crippen LogP contribution is -1.71. The largest absolute Gasteiger partial charge is 0.508 e. The van der Waals surface area contributed by atoms with Crippen LogP contribution in [0, 0.1) is 0 Å². The second kappa shape index (κ2) is 5.88. The predicted octanol–water partition coefficient (Wildman–Crippen LogP) is 2.45. The first kappa shape index (κ1) is 13.3. The van der Waals surface area contributed by atoms with Crippen molar-refractivity contribution in [1.82, 2.24) is 0 Å². The Kier molecular flexibility index (Phi) is 5.20. The third kappa shape index (κ3) is 3.14. The molecule has 0 aliphatic heterocycles. The summed E-state index contributed by atoms with van der Waals surface area (Å²) in [5.74, 6) is 0.487. The smallest absolute Gasteiger partial charge is 0.116 e. The second-order valence-corrected chi connectivity index (χ2v) is 2.72. The van der Waals surface area contributed by atoms with Gasteiger partial charge in [0.1, 0.15) is 11.5 Å². The van der Waals surface area contributed by atoms with Gasteiger partial charge in [0.25, 0.3) is 0 Å². The highest BCUT2D eigenvalue weighted by atomic mass is 16.3. The normalized spacial score (nSPS) is 8.67. The Bertz CT molecular complexity index is 383. The van der Waals surface area contributed by atoms with Crippen LogP contribution < -0.4 is 0 Å². The number of fused-ring (bicyclic) bond motifs is 1. The number of hydrogen-bond donors (Lipinski definition) is 2. The Morgan fingerprint density at radius 3 is 1.40 bits per heavy atom. The van der Waals surface area contributed by atoms with Crippen molar-refractivity contribution >= 4 is 10.8 Å². The standard InChI is InChI=1S/C10H8O2.C2H6.H2O/c11-9-3-1-7-5-10(12)4-2-8(7)6-9;1-2;/h1-6,11-12H;1-2H3;1H2. The fraction of sp³-hybridized carbons (Fsp3) is 0.167. The van der Waals surface area contributed by atoms with Crippen LogP contribution in [0.5, 0.6) is 11.5 Å². The molecule has 0 atom stereocenters. The van der Waals surface area contributed by atoms with Crippen LogP contribution in [0.2, 0.25) is 0 Å². The van der Waals surface area contributed by atoms with Crippen molar-refractivity contribution < 1.29 is 15.7 Å². The Hall–Kier alpha value is -1.74. The minimum Gasteiger partial charge on any atom is -0.508 e. The molecule has 0 saturated carbocycles. The van der Waals surface area contributed by atoms with Gasteiger partial charge in [-0.2, -0.15) is 0 Å². The number of phenols is 2. The number of aromatic hydroxyl groups is 2. The van der Waals surface area contributed by atoms with Gasteiger partial charge in [-0.25, -0.2) is 0 Å². The van der Waals surface area contributed by atoms with Crippen LogP contribution in [0.15, 0.2) is 36.4 Å². The third-order valence-corrected chi connectivity index (χ3v) is 1.81. The van der Waals surface area contributed by atoms with Gasteiger partial charge in [-0.3, -0.25) is 0 Å². The average Bonchev–Trinajstić information content (AvgIpc) is 2.21. The second-order valence-electron chi connectivity index (χ2n) is 2.72. The molecule has 4 N–H and O–H groups in total. The van der Waals surface area contributed by atoms with Crippen molar-refractivity contribution in [3.8, 4) is 11.5 Å². The van der Waals surface area contributed by atoms with Gasteiger partial charge in [0.2, 0.25) is 0 Å². The first-order valence-corrected chi connectivity index (χ1v) is 4.67. The van der Waals surface area contributed by atoms with Crippen molar-refractivity contribution in [2.75, 3.05) is 0 Å². The van der Waals surface area contributed by atoms with Crippen LogP contribution in [0.25, 0.3) is 10.8 Å². The maximum absolute atomic E-state index is 9.14. The van der Waals surface area contributed by atoms with E-state index in [-0.39, 0.29) is 17.0 Å². The van der Waals surface area contributed by atoms with Gasteiger partial charge in [-0.1, -0.05) is 26.0 Å². The molecule has 3 nitrogen and oxygen atoms in total. The molecule has 0 aliphatic rings. The Morgan fingerprint density at radius 2 is 1.07 bits per heavy atom. The van der Waals surface area contributed by atoms with E-state index >= 15 is 0 Å². The van der Waals surface area contributed by atoms with E-state index in [9.17, 15) is 0 Å². The van der Waals surface area contributed by atoms with Crippen LogP contribution in [0.4, 0.5) is 0 Å². The number of benzene rings is 2. The molecule has 2 aromatic carbocycles. The summed E-state index contributed by atoms with van der Waals surface area (Å²) in [6.45, 7) is 4.00. The van der Waals surface area contributed by atoms with Crippen LogP contribution in [0.1, 0.15) is 13.8 Å². The van der Waals surface area contributed by atoms with Crippen LogP contribution in [-0.4, -0.2) is 15.7 Å². The van der Waals surface area contributed by atoms with E-state index in [2.05, 4.69) is 0 Å². The lowest BCUT2D eigenvalue weighted by molar-refractivity contribution is 0.474. The number of hydrogen-bond acceptors (Lipinski definition) is 2. The molecule has 2 rings (SSSR count). The van der Waals surface area contributed by atoms with E-state index in [1.54, 1.807) is 36.4 Å². The zero-order chi connectivity index (χ0) is 10.6.